The van der Waals surface area contributed by atoms with Gasteiger partial charge in [0.1, 0.15) is 0 Å². The minimum absolute atomic E-state index is 0.0545. The van der Waals surface area contributed by atoms with Gasteiger partial charge in [-0.1, -0.05) is 61.4 Å². The molecule has 0 saturated carbocycles. The topological polar surface area (TPSA) is 47.6 Å². The summed E-state index contributed by atoms with van der Waals surface area (Å²) in [6.45, 7) is 2.94. The average Bonchev–Trinajstić information content (AvgIpc) is 2.82. The number of unbranched alkanes of at least 4 members (excludes halogenated alkanes) is 3. The number of fused-ring (bicyclic) bond motifs is 2. The molecule has 0 spiro atoms. The monoisotopic (exact) mass is 455 g/mol. The third-order valence-corrected chi connectivity index (χ3v) is 5.87. The van der Waals surface area contributed by atoms with Gasteiger partial charge in [-0.25, -0.2) is 0 Å². The summed E-state index contributed by atoms with van der Waals surface area (Å²) < 4.78 is 11.1. The number of alkyl halides is 1. The summed E-state index contributed by atoms with van der Waals surface area (Å²) >= 11 is 5.66. The number of carbonyl (C=O) groups excluding carboxylic acids is 1. The number of ether oxygens (including phenoxy) is 2. The summed E-state index contributed by atoms with van der Waals surface area (Å²) in [7, 11) is 0. The molecule has 0 radical (unpaired) electrons. The minimum atomic E-state index is 0.0545. The quantitative estimate of drug-likeness (QED) is 0.177. The molecule has 4 nitrogen and oxygen atoms in total. The van der Waals surface area contributed by atoms with E-state index < -0.39 is 0 Å². The van der Waals surface area contributed by atoms with Gasteiger partial charge in [-0.15, -0.1) is 11.6 Å². The van der Waals surface area contributed by atoms with Crippen LogP contribution in [0.25, 0.3) is 21.5 Å². The van der Waals surface area contributed by atoms with Crippen LogP contribution in [-0.2, 0) is 20.7 Å². The largest absolute Gasteiger partial charge is 0.379 e. The second kappa shape index (κ2) is 14.1. The molecule has 0 aliphatic heterocycles. The van der Waals surface area contributed by atoms with Gasteiger partial charge in [0.2, 0.25) is 5.91 Å². The maximum Gasteiger partial charge on any atom is 0.220 e. The van der Waals surface area contributed by atoms with E-state index >= 15 is 0 Å². The van der Waals surface area contributed by atoms with E-state index in [9.17, 15) is 4.79 Å². The molecule has 0 atom stereocenters. The predicted octanol–water partition coefficient (Wildman–Crippen LogP) is 5.87. The Kier molecular flexibility index (Phi) is 10.8. The molecule has 3 aromatic rings. The molecule has 0 heterocycles. The maximum atomic E-state index is 12.4. The number of nitrogens with one attached hydrogen (secondary N) is 1. The lowest BCUT2D eigenvalue weighted by Gasteiger charge is -2.12. The lowest BCUT2D eigenvalue weighted by atomic mass is 9.94. The maximum absolute atomic E-state index is 12.4. The SMILES string of the molecule is O=C(CCc1c2ccccc2cc2ccccc12)NCCOCCOCCCCCCCl. The molecule has 0 bridgehead atoms. The molecule has 0 unspecified atom stereocenters. The first-order chi connectivity index (χ1) is 15.8. The Morgan fingerprint density at radius 3 is 2.09 bits per heavy atom. The zero-order chi connectivity index (χ0) is 22.4. The van der Waals surface area contributed by atoms with Crippen molar-refractivity contribution >= 4 is 39.1 Å². The van der Waals surface area contributed by atoms with Crippen LogP contribution in [0.15, 0.2) is 54.6 Å². The van der Waals surface area contributed by atoms with Crippen LogP contribution in [0, 0.1) is 0 Å². The Hall–Kier alpha value is -2.14. The molecule has 1 N–H and O–H groups in total. The van der Waals surface area contributed by atoms with Gasteiger partial charge in [0, 0.05) is 25.5 Å². The number of halogens is 1. The molecule has 0 fully saturated rings. The Morgan fingerprint density at radius 2 is 1.41 bits per heavy atom. The van der Waals surface area contributed by atoms with Crippen molar-refractivity contribution in [2.45, 2.75) is 38.5 Å². The Labute approximate surface area is 196 Å². The van der Waals surface area contributed by atoms with Crippen molar-refractivity contribution in [2.24, 2.45) is 0 Å². The van der Waals surface area contributed by atoms with Crippen LogP contribution in [0.2, 0.25) is 0 Å². The molecule has 0 aliphatic rings. The molecular weight excluding hydrogens is 422 g/mol. The second-order valence-corrected chi connectivity index (χ2v) is 8.35. The van der Waals surface area contributed by atoms with Crippen molar-refractivity contribution < 1.29 is 14.3 Å². The summed E-state index contributed by atoms with van der Waals surface area (Å²) in [5.41, 5.74) is 1.24. The van der Waals surface area contributed by atoms with Gasteiger partial charge in [-0.3, -0.25) is 4.79 Å². The highest BCUT2D eigenvalue weighted by molar-refractivity contribution is 6.17. The molecule has 0 saturated heterocycles. The smallest absolute Gasteiger partial charge is 0.220 e. The third-order valence-electron chi connectivity index (χ3n) is 5.60. The third kappa shape index (κ3) is 7.77. The first kappa shape index (κ1) is 24.5. The number of benzene rings is 3. The van der Waals surface area contributed by atoms with E-state index in [-0.39, 0.29) is 5.91 Å². The van der Waals surface area contributed by atoms with Crippen molar-refractivity contribution in [1.29, 1.82) is 0 Å². The van der Waals surface area contributed by atoms with Crippen molar-refractivity contribution in [1.82, 2.24) is 5.32 Å². The first-order valence-corrected chi connectivity index (χ1v) is 12.2. The van der Waals surface area contributed by atoms with Crippen molar-refractivity contribution in [3.05, 3.63) is 60.2 Å². The van der Waals surface area contributed by atoms with Crippen molar-refractivity contribution in [3.63, 3.8) is 0 Å². The van der Waals surface area contributed by atoms with E-state index in [0.717, 1.165) is 31.7 Å². The van der Waals surface area contributed by atoms with Gasteiger partial charge in [0.05, 0.1) is 19.8 Å². The highest BCUT2D eigenvalue weighted by atomic mass is 35.5. The van der Waals surface area contributed by atoms with Gasteiger partial charge in [-0.05, 0) is 52.4 Å². The van der Waals surface area contributed by atoms with E-state index in [1.807, 2.05) is 0 Å². The number of aryl methyl sites for hydroxylation is 1. The Bertz CT molecular complexity index is 921. The molecule has 172 valence electrons. The molecular formula is C27H34ClNO3. The van der Waals surface area contributed by atoms with Crippen LogP contribution < -0.4 is 5.32 Å². The number of hydrogen-bond acceptors (Lipinski definition) is 3. The fourth-order valence-corrected chi connectivity index (χ4v) is 4.13. The van der Waals surface area contributed by atoms with Gasteiger partial charge >= 0.3 is 0 Å². The Morgan fingerprint density at radius 1 is 0.781 bits per heavy atom. The summed E-state index contributed by atoms with van der Waals surface area (Å²) in [5.74, 6) is 0.796. The lowest BCUT2D eigenvalue weighted by molar-refractivity contribution is -0.121. The molecule has 1 amide bonds. The Balaban J connectivity index is 1.34. The summed E-state index contributed by atoms with van der Waals surface area (Å²) in [5, 5.41) is 7.84. The van der Waals surface area contributed by atoms with Crippen molar-refractivity contribution in [2.75, 3.05) is 38.9 Å². The molecule has 5 heteroatoms. The van der Waals surface area contributed by atoms with Crippen LogP contribution in [-0.4, -0.2) is 44.8 Å². The highest BCUT2D eigenvalue weighted by Gasteiger charge is 2.09. The van der Waals surface area contributed by atoms with E-state index in [1.165, 1.54) is 33.5 Å². The van der Waals surface area contributed by atoms with Crippen LogP contribution >= 0.6 is 11.6 Å². The van der Waals surface area contributed by atoms with Gasteiger partial charge in [0.25, 0.3) is 0 Å². The first-order valence-electron chi connectivity index (χ1n) is 11.7. The van der Waals surface area contributed by atoms with Crippen LogP contribution in [0.1, 0.15) is 37.7 Å². The van der Waals surface area contributed by atoms with Gasteiger partial charge in [-0.2, -0.15) is 0 Å². The van der Waals surface area contributed by atoms with Crippen molar-refractivity contribution in [3.8, 4) is 0 Å². The zero-order valence-electron chi connectivity index (χ0n) is 18.8. The zero-order valence-corrected chi connectivity index (χ0v) is 19.5. The van der Waals surface area contributed by atoms with Gasteiger partial charge in [0.15, 0.2) is 0 Å². The number of rotatable bonds is 15. The fourth-order valence-electron chi connectivity index (χ4n) is 3.94. The molecule has 0 aromatic heterocycles. The minimum Gasteiger partial charge on any atom is -0.379 e. The van der Waals surface area contributed by atoms with E-state index in [1.54, 1.807) is 0 Å². The lowest BCUT2D eigenvalue weighted by Crippen LogP contribution is -2.27. The number of carbonyl (C=O) groups is 1. The van der Waals surface area contributed by atoms with E-state index in [0.29, 0.717) is 39.2 Å². The molecule has 0 aliphatic carbocycles. The van der Waals surface area contributed by atoms with Crippen LogP contribution in [0.3, 0.4) is 0 Å². The van der Waals surface area contributed by atoms with Gasteiger partial charge < -0.3 is 14.8 Å². The summed E-state index contributed by atoms with van der Waals surface area (Å²) in [6.07, 6.45) is 5.65. The normalized spacial score (nSPS) is 11.3. The number of amides is 1. The standard InChI is InChI=1S/C27H34ClNO3/c28-15-7-1-2-8-17-31-19-20-32-18-16-29-27(30)14-13-26-24-11-5-3-9-22(24)21-23-10-4-6-12-25(23)26/h3-6,9-12,21H,1-2,7-8,13-20H2,(H,29,30). The van der Waals surface area contributed by atoms with Crippen LogP contribution in [0.5, 0.6) is 0 Å². The summed E-state index contributed by atoms with van der Waals surface area (Å²) in [6, 6.07) is 19.0. The molecule has 32 heavy (non-hydrogen) atoms. The van der Waals surface area contributed by atoms with E-state index in [4.69, 9.17) is 21.1 Å². The molecule has 3 aromatic carbocycles. The fraction of sp³-hybridized carbons (Fsp3) is 0.444. The van der Waals surface area contributed by atoms with Crippen LogP contribution in [0.4, 0.5) is 0 Å². The highest BCUT2D eigenvalue weighted by Crippen LogP contribution is 2.29. The number of hydrogen-bond donors (Lipinski definition) is 1. The predicted molar refractivity (Wildman–Crippen MR) is 134 cm³/mol. The van der Waals surface area contributed by atoms with E-state index in [2.05, 4.69) is 59.9 Å². The molecule has 3 rings (SSSR count). The summed E-state index contributed by atoms with van der Waals surface area (Å²) in [4.78, 5) is 12.4. The average molecular weight is 456 g/mol. The second-order valence-electron chi connectivity index (χ2n) is 7.98.